The van der Waals surface area contributed by atoms with Gasteiger partial charge in [0.2, 0.25) is 0 Å². The molecule has 26 heavy (non-hydrogen) atoms. The molecule has 0 atom stereocenters. The summed E-state index contributed by atoms with van der Waals surface area (Å²) in [6, 6.07) is 34.3. The number of halogens is 1. The van der Waals surface area contributed by atoms with Gasteiger partial charge in [0.25, 0.3) is 0 Å². The highest BCUT2D eigenvalue weighted by Gasteiger charge is 2.13. The van der Waals surface area contributed by atoms with Gasteiger partial charge in [0.1, 0.15) is 0 Å². The highest BCUT2D eigenvalue weighted by Crippen LogP contribution is 2.36. The quantitative estimate of drug-likeness (QED) is 0.296. The van der Waals surface area contributed by atoms with Gasteiger partial charge in [-0.2, -0.15) is 0 Å². The van der Waals surface area contributed by atoms with Gasteiger partial charge in [-0.05, 0) is 41.5 Å². The predicted molar refractivity (Wildman–Crippen MR) is 114 cm³/mol. The standard InChI is InChI=1S/C24H16BrN/c25-22-12-6-4-10-19(22)17-14-15-21-20-11-5-7-13-23(20)26(24(21)16-17)18-8-2-1-3-9-18/h1-16H. The lowest BCUT2D eigenvalue weighted by molar-refractivity contribution is 1.18. The Balaban J connectivity index is 1.88. The molecule has 124 valence electrons. The number of hydrogen-bond acceptors (Lipinski definition) is 0. The Bertz CT molecular complexity index is 1240. The number of benzene rings is 4. The number of para-hydroxylation sites is 2. The zero-order valence-electron chi connectivity index (χ0n) is 14.1. The third-order valence-electron chi connectivity index (χ3n) is 4.87. The molecule has 0 saturated carbocycles. The van der Waals surface area contributed by atoms with Crippen molar-refractivity contribution >= 4 is 37.7 Å². The maximum Gasteiger partial charge on any atom is 0.0547 e. The molecule has 5 rings (SSSR count). The summed E-state index contributed by atoms with van der Waals surface area (Å²) in [6.07, 6.45) is 0. The molecule has 1 nitrogen and oxygen atoms in total. The molecule has 0 bridgehead atoms. The lowest BCUT2D eigenvalue weighted by atomic mass is 10.0. The van der Waals surface area contributed by atoms with Crippen LogP contribution >= 0.6 is 15.9 Å². The zero-order chi connectivity index (χ0) is 17.5. The van der Waals surface area contributed by atoms with Crippen molar-refractivity contribution in [2.45, 2.75) is 0 Å². The molecule has 1 heterocycles. The van der Waals surface area contributed by atoms with Gasteiger partial charge < -0.3 is 4.57 Å². The minimum Gasteiger partial charge on any atom is -0.309 e. The van der Waals surface area contributed by atoms with Crippen molar-refractivity contribution in [1.82, 2.24) is 4.57 Å². The third kappa shape index (κ3) is 2.38. The number of hydrogen-bond donors (Lipinski definition) is 0. The van der Waals surface area contributed by atoms with E-state index in [1.807, 2.05) is 6.07 Å². The lowest BCUT2D eigenvalue weighted by Gasteiger charge is -2.09. The first-order chi connectivity index (χ1) is 12.8. The Morgan fingerprint density at radius 2 is 1.27 bits per heavy atom. The van der Waals surface area contributed by atoms with Crippen molar-refractivity contribution in [2.24, 2.45) is 0 Å². The van der Waals surface area contributed by atoms with Crippen molar-refractivity contribution in [3.8, 4) is 16.8 Å². The molecule has 0 aliphatic rings. The Labute approximate surface area is 160 Å². The fourth-order valence-electron chi connectivity index (χ4n) is 3.69. The van der Waals surface area contributed by atoms with Gasteiger partial charge in [-0.15, -0.1) is 0 Å². The van der Waals surface area contributed by atoms with E-state index in [4.69, 9.17) is 0 Å². The van der Waals surface area contributed by atoms with Gasteiger partial charge in [-0.1, -0.05) is 82.7 Å². The van der Waals surface area contributed by atoms with Crippen LogP contribution in [0, 0.1) is 0 Å². The van der Waals surface area contributed by atoms with E-state index in [0.29, 0.717) is 0 Å². The minimum absolute atomic E-state index is 1.11. The second kappa shape index (κ2) is 6.15. The molecule has 0 N–H and O–H groups in total. The second-order valence-corrected chi connectivity index (χ2v) is 7.25. The molecule has 2 heteroatoms. The van der Waals surface area contributed by atoms with Crippen molar-refractivity contribution < 1.29 is 0 Å². The number of fused-ring (bicyclic) bond motifs is 3. The predicted octanol–water partition coefficient (Wildman–Crippen LogP) is 7.21. The van der Waals surface area contributed by atoms with Crippen LogP contribution in [0.3, 0.4) is 0 Å². The summed E-state index contributed by atoms with van der Waals surface area (Å²) in [7, 11) is 0. The maximum absolute atomic E-state index is 3.69. The Morgan fingerprint density at radius 3 is 2.12 bits per heavy atom. The number of aromatic nitrogens is 1. The second-order valence-electron chi connectivity index (χ2n) is 6.40. The van der Waals surface area contributed by atoms with Gasteiger partial charge in [0, 0.05) is 20.9 Å². The average molecular weight is 398 g/mol. The monoisotopic (exact) mass is 397 g/mol. The van der Waals surface area contributed by atoms with E-state index in [0.717, 1.165) is 4.47 Å². The Morgan fingerprint density at radius 1 is 0.577 bits per heavy atom. The molecule has 0 radical (unpaired) electrons. The molecule has 0 fully saturated rings. The van der Waals surface area contributed by atoms with Gasteiger partial charge in [0.05, 0.1) is 11.0 Å². The van der Waals surface area contributed by atoms with Crippen molar-refractivity contribution in [1.29, 1.82) is 0 Å². The van der Waals surface area contributed by atoms with E-state index < -0.39 is 0 Å². The molecule has 0 saturated heterocycles. The highest BCUT2D eigenvalue weighted by molar-refractivity contribution is 9.10. The smallest absolute Gasteiger partial charge is 0.0547 e. The zero-order valence-corrected chi connectivity index (χ0v) is 15.6. The molecule has 0 aliphatic heterocycles. The maximum atomic E-state index is 3.69. The first kappa shape index (κ1) is 15.4. The van der Waals surface area contributed by atoms with Crippen LogP contribution in [0.15, 0.2) is 102 Å². The van der Waals surface area contributed by atoms with Gasteiger partial charge in [-0.3, -0.25) is 0 Å². The normalized spacial score (nSPS) is 11.3. The van der Waals surface area contributed by atoms with Crippen LogP contribution in [0.5, 0.6) is 0 Å². The van der Waals surface area contributed by atoms with Crippen LogP contribution in [-0.4, -0.2) is 4.57 Å². The number of rotatable bonds is 2. The van der Waals surface area contributed by atoms with Crippen LogP contribution in [-0.2, 0) is 0 Å². The van der Waals surface area contributed by atoms with E-state index >= 15 is 0 Å². The van der Waals surface area contributed by atoms with E-state index in [1.165, 1.54) is 38.6 Å². The summed E-state index contributed by atoms with van der Waals surface area (Å²) >= 11 is 3.69. The number of nitrogens with zero attached hydrogens (tertiary/aromatic N) is 1. The van der Waals surface area contributed by atoms with E-state index in [1.54, 1.807) is 0 Å². The van der Waals surface area contributed by atoms with Crippen molar-refractivity contribution in [2.75, 3.05) is 0 Å². The molecule has 1 aromatic heterocycles. The van der Waals surface area contributed by atoms with Gasteiger partial charge in [0.15, 0.2) is 0 Å². The lowest BCUT2D eigenvalue weighted by Crippen LogP contribution is -1.93. The van der Waals surface area contributed by atoms with Crippen LogP contribution in [0.25, 0.3) is 38.6 Å². The summed E-state index contributed by atoms with van der Waals surface area (Å²) in [6.45, 7) is 0. The SMILES string of the molecule is Brc1ccccc1-c1ccc2c3ccccc3n(-c3ccccc3)c2c1. The van der Waals surface area contributed by atoms with E-state index in [9.17, 15) is 0 Å². The molecular weight excluding hydrogens is 382 g/mol. The van der Waals surface area contributed by atoms with E-state index in [2.05, 4.69) is 111 Å². The summed E-state index contributed by atoms with van der Waals surface area (Å²) in [5, 5.41) is 2.56. The summed E-state index contributed by atoms with van der Waals surface area (Å²) in [5.41, 5.74) is 6.07. The van der Waals surface area contributed by atoms with Crippen molar-refractivity contribution in [3.63, 3.8) is 0 Å². The molecular formula is C24H16BrN. The Kier molecular flexibility index (Phi) is 3.65. The molecule has 5 aromatic rings. The van der Waals surface area contributed by atoms with E-state index in [-0.39, 0.29) is 0 Å². The van der Waals surface area contributed by atoms with Crippen LogP contribution in [0.1, 0.15) is 0 Å². The molecule has 0 aliphatic carbocycles. The van der Waals surface area contributed by atoms with Gasteiger partial charge >= 0.3 is 0 Å². The summed E-state index contributed by atoms with van der Waals surface area (Å²) < 4.78 is 3.46. The molecule has 0 spiro atoms. The molecule has 0 unspecified atom stereocenters. The topological polar surface area (TPSA) is 4.93 Å². The Hall–Kier alpha value is -2.84. The van der Waals surface area contributed by atoms with Crippen LogP contribution in [0.4, 0.5) is 0 Å². The summed E-state index contributed by atoms with van der Waals surface area (Å²) in [5.74, 6) is 0. The largest absolute Gasteiger partial charge is 0.309 e. The van der Waals surface area contributed by atoms with Gasteiger partial charge in [-0.25, -0.2) is 0 Å². The first-order valence-corrected chi connectivity index (χ1v) is 9.46. The third-order valence-corrected chi connectivity index (χ3v) is 5.56. The first-order valence-electron chi connectivity index (χ1n) is 8.66. The van der Waals surface area contributed by atoms with Crippen molar-refractivity contribution in [3.05, 3.63) is 102 Å². The summed E-state index contributed by atoms with van der Waals surface area (Å²) in [4.78, 5) is 0. The average Bonchev–Trinajstić information content (AvgIpc) is 3.02. The fraction of sp³-hybridized carbons (Fsp3) is 0. The van der Waals surface area contributed by atoms with Crippen LogP contribution < -0.4 is 0 Å². The highest BCUT2D eigenvalue weighted by atomic mass is 79.9. The molecule has 0 amide bonds. The minimum atomic E-state index is 1.11. The molecule has 4 aromatic carbocycles. The van der Waals surface area contributed by atoms with Crippen LogP contribution in [0.2, 0.25) is 0 Å². The fourth-order valence-corrected chi connectivity index (χ4v) is 4.20.